The number of hydrogen-bond donors (Lipinski definition) is 1. The first-order chi connectivity index (χ1) is 16.3. The Morgan fingerprint density at radius 2 is 1.94 bits per heavy atom. The van der Waals surface area contributed by atoms with E-state index in [9.17, 15) is 10.1 Å². The molecule has 0 saturated carbocycles. The summed E-state index contributed by atoms with van der Waals surface area (Å²) in [4.78, 5) is 26.8. The number of hydrogen-bond acceptors (Lipinski definition) is 7. The number of nitriles is 1. The molecule has 0 amide bonds. The Kier molecular flexibility index (Phi) is 7.15. The van der Waals surface area contributed by atoms with Crippen LogP contribution in [-0.4, -0.2) is 65.8 Å². The van der Waals surface area contributed by atoms with E-state index in [0.29, 0.717) is 40.9 Å². The maximum absolute atomic E-state index is 13.7. The number of carbonyl (C=O) groups excluding carboxylic acids is 1. The summed E-state index contributed by atoms with van der Waals surface area (Å²) in [5.41, 5.74) is 0.669. The summed E-state index contributed by atoms with van der Waals surface area (Å²) < 4.78 is 0. The molecule has 1 saturated heterocycles. The lowest BCUT2D eigenvalue weighted by molar-refractivity contribution is -0.126. The summed E-state index contributed by atoms with van der Waals surface area (Å²) in [6.45, 7) is 1.73. The number of likely N-dealkylation sites (N-methyl/N-ethyl adjacent to an activating group) is 1. The number of rotatable bonds is 6. The number of aromatic nitrogens is 2. The van der Waals surface area contributed by atoms with Crippen molar-refractivity contribution < 1.29 is 4.79 Å². The fourth-order valence-electron chi connectivity index (χ4n) is 4.04. The molecule has 0 spiro atoms. The first-order valence-corrected chi connectivity index (χ1v) is 11.6. The molecule has 1 N–H and O–H groups in total. The Bertz CT molecular complexity index is 1290. The third-order valence-electron chi connectivity index (χ3n) is 5.77. The van der Waals surface area contributed by atoms with Crippen LogP contribution in [0.5, 0.6) is 0 Å². The van der Waals surface area contributed by atoms with Crippen molar-refractivity contribution in [3.63, 3.8) is 0 Å². The summed E-state index contributed by atoms with van der Waals surface area (Å²) in [7, 11) is 3.84. The molecule has 1 aliphatic rings. The zero-order valence-corrected chi connectivity index (χ0v) is 20.4. The van der Waals surface area contributed by atoms with Crippen molar-refractivity contribution in [2.75, 3.05) is 40.3 Å². The number of benzene rings is 2. The minimum absolute atomic E-state index is 0.206. The van der Waals surface area contributed by atoms with Crippen LogP contribution in [0.2, 0.25) is 10.0 Å². The summed E-state index contributed by atoms with van der Waals surface area (Å²) in [5, 5.41) is 15.2. The van der Waals surface area contributed by atoms with E-state index in [1.165, 1.54) is 11.0 Å². The average Bonchev–Trinajstić information content (AvgIpc) is 2.83. The molecule has 0 radical (unpaired) electrons. The Hall–Kier alpha value is -3.02. The molecule has 1 fully saturated rings. The molecule has 3 aromatic rings. The van der Waals surface area contributed by atoms with Crippen molar-refractivity contribution in [3.8, 4) is 17.5 Å². The second-order valence-corrected chi connectivity index (χ2v) is 9.25. The van der Waals surface area contributed by atoms with E-state index in [-0.39, 0.29) is 18.2 Å². The van der Waals surface area contributed by atoms with Crippen LogP contribution in [0.4, 0.5) is 0 Å². The summed E-state index contributed by atoms with van der Waals surface area (Å²) >= 11 is 12.4. The van der Waals surface area contributed by atoms with Gasteiger partial charge in [0.15, 0.2) is 23.3 Å². The third kappa shape index (κ3) is 4.63. The Morgan fingerprint density at radius 1 is 1.21 bits per heavy atom. The van der Waals surface area contributed by atoms with Gasteiger partial charge in [0.25, 0.3) is 0 Å². The van der Waals surface area contributed by atoms with Gasteiger partial charge < -0.3 is 10.2 Å². The van der Waals surface area contributed by atoms with E-state index in [2.05, 4.69) is 11.5 Å². The number of nitrogens with zero attached hydrogens (tertiary/aromatic N) is 5. The van der Waals surface area contributed by atoms with Gasteiger partial charge in [0.1, 0.15) is 0 Å². The SMILES string of the molecule is CN(C)C/C=C/C(=O)C1(c2nc(-c3ccc(Cl)cc3)c3ccc(Cl)cc3n2)CNCCN1C#N. The molecule has 1 atom stereocenters. The normalized spacial score (nSPS) is 18.5. The molecule has 1 aromatic heterocycles. The number of piperazine rings is 1. The monoisotopic (exact) mass is 494 g/mol. The predicted molar refractivity (Wildman–Crippen MR) is 135 cm³/mol. The zero-order chi connectivity index (χ0) is 24.3. The molecule has 0 bridgehead atoms. The van der Waals surface area contributed by atoms with E-state index < -0.39 is 5.54 Å². The highest BCUT2D eigenvalue weighted by Gasteiger charge is 2.49. The van der Waals surface area contributed by atoms with Crippen LogP contribution in [0.1, 0.15) is 5.82 Å². The first kappa shape index (κ1) is 24.1. The van der Waals surface area contributed by atoms with Crippen molar-refractivity contribution >= 4 is 39.9 Å². The van der Waals surface area contributed by atoms with Crippen LogP contribution < -0.4 is 5.32 Å². The van der Waals surface area contributed by atoms with Gasteiger partial charge in [-0.2, -0.15) is 5.26 Å². The highest BCUT2D eigenvalue weighted by atomic mass is 35.5. The van der Waals surface area contributed by atoms with E-state index in [1.54, 1.807) is 30.3 Å². The number of fused-ring (bicyclic) bond motifs is 1. The van der Waals surface area contributed by atoms with Crippen LogP contribution in [0.3, 0.4) is 0 Å². The van der Waals surface area contributed by atoms with Crippen molar-refractivity contribution in [2.24, 2.45) is 0 Å². The van der Waals surface area contributed by atoms with Crippen LogP contribution in [0.25, 0.3) is 22.2 Å². The predicted octanol–water partition coefficient (Wildman–Crippen LogP) is 3.87. The van der Waals surface area contributed by atoms with Crippen LogP contribution in [0.15, 0.2) is 54.6 Å². The molecule has 174 valence electrons. The van der Waals surface area contributed by atoms with Crippen molar-refractivity contribution in [1.82, 2.24) is 25.1 Å². The standard InChI is InChI=1S/C25H24Cl2N6O/c1-32(2)12-3-4-22(34)25(15-29-11-13-33(25)16-28)24-30-21-14-19(27)9-10-20(21)23(31-24)17-5-7-18(26)8-6-17/h3-10,14,29H,11-13,15H2,1-2H3/b4-3+. The van der Waals surface area contributed by atoms with Crippen molar-refractivity contribution in [1.29, 1.82) is 5.26 Å². The molecule has 4 rings (SSSR count). The van der Waals surface area contributed by atoms with E-state index in [0.717, 1.165) is 10.9 Å². The lowest BCUT2D eigenvalue weighted by atomic mass is 9.87. The molecule has 2 heterocycles. The van der Waals surface area contributed by atoms with Gasteiger partial charge >= 0.3 is 0 Å². The molecule has 1 unspecified atom stereocenters. The third-order valence-corrected chi connectivity index (χ3v) is 6.26. The quantitative estimate of drug-likeness (QED) is 0.411. The molecule has 34 heavy (non-hydrogen) atoms. The highest BCUT2D eigenvalue weighted by Crippen LogP contribution is 2.35. The van der Waals surface area contributed by atoms with Gasteiger partial charge in [-0.25, -0.2) is 9.97 Å². The van der Waals surface area contributed by atoms with Gasteiger partial charge in [-0.05, 0) is 50.5 Å². The number of halogens is 2. The fraction of sp³-hybridized carbons (Fsp3) is 0.280. The minimum atomic E-state index is -1.38. The summed E-state index contributed by atoms with van der Waals surface area (Å²) in [6.07, 6.45) is 5.51. The maximum Gasteiger partial charge on any atom is 0.190 e. The average molecular weight is 495 g/mol. The molecular weight excluding hydrogens is 471 g/mol. The Morgan fingerprint density at radius 3 is 2.65 bits per heavy atom. The lowest BCUT2D eigenvalue weighted by Gasteiger charge is -2.41. The first-order valence-electron chi connectivity index (χ1n) is 10.8. The second-order valence-electron chi connectivity index (χ2n) is 8.38. The Balaban J connectivity index is 1.96. The van der Waals surface area contributed by atoms with Crippen LogP contribution in [-0.2, 0) is 10.3 Å². The van der Waals surface area contributed by atoms with E-state index >= 15 is 0 Å². The minimum Gasteiger partial charge on any atom is -0.312 e. The lowest BCUT2D eigenvalue weighted by Crippen LogP contribution is -2.61. The smallest absolute Gasteiger partial charge is 0.190 e. The number of nitrogens with one attached hydrogen (secondary N) is 1. The second kappa shape index (κ2) is 10.1. The van der Waals surface area contributed by atoms with Gasteiger partial charge in [0.2, 0.25) is 0 Å². The molecule has 2 aromatic carbocycles. The van der Waals surface area contributed by atoms with Crippen molar-refractivity contribution in [3.05, 3.63) is 70.5 Å². The van der Waals surface area contributed by atoms with Crippen molar-refractivity contribution in [2.45, 2.75) is 5.54 Å². The zero-order valence-electron chi connectivity index (χ0n) is 18.9. The molecule has 9 heteroatoms. The molecule has 0 aliphatic carbocycles. The maximum atomic E-state index is 13.7. The molecular formula is C25H24Cl2N6O. The van der Waals surface area contributed by atoms with Crippen LogP contribution in [0, 0.1) is 11.5 Å². The van der Waals surface area contributed by atoms with Gasteiger partial charge in [0, 0.05) is 47.2 Å². The molecule has 1 aliphatic heterocycles. The summed E-state index contributed by atoms with van der Waals surface area (Å²) in [5.74, 6) is -0.00740. The van der Waals surface area contributed by atoms with E-state index in [1.807, 2.05) is 37.2 Å². The van der Waals surface area contributed by atoms with Gasteiger partial charge in [-0.1, -0.05) is 41.4 Å². The highest BCUT2D eigenvalue weighted by molar-refractivity contribution is 6.31. The number of ketones is 1. The summed E-state index contributed by atoms with van der Waals surface area (Å²) in [6, 6.07) is 12.7. The van der Waals surface area contributed by atoms with Gasteiger partial charge in [-0.15, -0.1) is 0 Å². The topological polar surface area (TPSA) is 85.2 Å². The van der Waals surface area contributed by atoms with Gasteiger partial charge in [-0.3, -0.25) is 9.69 Å². The fourth-order valence-corrected chi connectivity index (χ4v) is 4.33. The van der Waals surface area contributed by atoms with Crippen LogP contribution >= 0.6 is 23.2 Å². The Labute approximate surface area is 208 Å². The largest absolute Gasteiger partial charge is 0.312 e. The molecule has 7 nitrogen and oxygen atoms in total. The van der Waals surface area contributed by atoms with Gasteiger partial charge in [0.05, 0.1) is 11.2 Å². The van der Waals surface area contributed by atoms with E-state index in [4.69, 9.17) is 33.2 Å². The number of carbonyl (C=O) groups is 1.